The molecule has 0 unspecified atom stereocenters. The quantitative estimate of drug-likeness (QED) is 0.375. The van der Waals surface area contributed by atoms with E-state index in [1.54, 1.807) is 0 Å². The molecule has 0 spiro atoms. The van der Waals surface area contributed by atoms with Crippen LogP contribution < -0.4 is 11.1 Å². The average molecular weight is 432 g/mol. The molecule has 5 aromatic rings. The number of hydrogen-bond acceptors (Lipinski definition) is 5. The Morgan fingerprint density at radius 3 is 2.27 bits per heavy atom. The maximum Gasteiger partial charge on any atom is 0.0788 e. The highest BCUT2D eigenvalue weighted by Gasteiger charge is 2.14. The largest absolute Gasteiger partial charge is 0.326 e. The number of rotatable bonds is 7. The molecule has 0 bridgehead atoms. The average Bonchev–Trinajstić information content (AvgIpc) is 2.89. The number of pyridine rings is 3. The number of hydrogen-bond donors (Lipinski definition) is 2. The van der Waals surface area contributed by atoms with Gasteiger partial charge in [-0.2, -0.15) is 0 Å². The Bertz CT molecular complexity index is 1350. The van der Waals surface area contributed by atoms with Gasteiger partial charge in [0.15, 0.2) is 0 Å². The van der Waals surface area contributed by atoms with E-state index in [2.05, 4.69) is 69.9 Å². The van der Waals surface area contributed by atoms with E-state index in [0.717, 1.165) is 51.1 Å². The first kappa shape index (κ1) is 20.9. The highest BCUT2D eigenvalue weighted by molar-refractivity contribution is 5.92. The topological polar surface area (TPSA) is 76.7 Å². The monoisotopic (exact) mass is 431 g/mol. The Labute approximate surface area is 193 Å². The number of nitrogens with one attached hydrogen (secondary N) is 1. The molecule has 5 nitrogen and oxygen atoms in total. The molecular weight excluding hydrogens is 406 g/mol. The maximum absolute atomic E-state index is 5.80. The highest BCUT2D eigenvalue weighted by atomic mass is 14.9. The first-order valence-corrected chi connectivity index (χ1v) is 11.0. The number of nitrogens with two attached hydrogens (primary N) is 1. The number of aromatic nitrogens is 3. The fourth-order valence-electron chi connectivity index (χ4n) is 3.98. The van der Waals surface area contributed by atoms with Gasteiger partial charge in [-0.1, -0.05) is 54.6 Å². The minimum Gasteiger partial charge on any atom is -0.326 e. The third kappa shape index (κ3) is 4.65. The van der Waals surface area contributed by atoms with Crippen LogP contribution in [0.3, 0.4) is 0 Å². The molecule has 0 amide bonds. The molecule has 33 heavy (non-hydrogen) atoms. The predicted molar refractivity (Wildman–Crippen MR) is 133 cm³/mol. The van der Waals surface area contributed by atoms with Crippen molar-refractivity contribution < 1.29 is 0 Å². The maximum atomic E-state index is 5.80. The summed E-state index contributed by atoms with van der Waals surface area (Å²) < 4.78 is 0. The second-order valence-electron chi connectivity index (χ2n) is 7.93. The molecule has 0 aliphatic heterocycles. The summed E-state index contributed by atoms with van der Waals surface area (Å²) in [5.41, 5.74) is 14.3. The fraction of sp³-hybridized carbons (Fsp3) is 0.107. The van der Waals surface area contributed by atoms with Crippen LogP contribution in [-0.4, -0.2) is 15.0 Å². The molecule has 5 rings (SSSR count). The summed E-state index contributed by atoms with van der Waals surface area (Å²) in [4.78, 5) is 13.8. The van der Waals surface area contributed by atoms with E-state index < -0.39 is 0 Å². The molecule has 162 valence electrons. The Hall–Kier alpha value is -3.93. The zero-order valence-electron chi connectivity index (χ0n) is 18.3. The fourth-order valence-corrected chi connectivity index (χ4v) is 3.98. The summed E-state index contributed by atoms with van der Waals surface area (Å²) in [5.74, 6) is 0. The smallest absolute Gasteiger partial charge is 0.0788 e. The van der Waals surface area contributed by atoms with Gasteiger partial charge in [0.25, 0.3) is 0 Å². The second-order valence-corrected chi connectivity index (χ2v) is 7.93. The van der Waals surface area contributed by atoms with Crippen LogP contribution in [0.15, 0.2) is 97.5 Å². The lowest BCUT2D eigenvalue weighted by atomic mass is 9.96. The first-order chi connectivity index (χ1) is 16.3. The van der Waals surface area contributed by atoms with E-state index >= 15 is 0 Å². The van der Waals surface area contributed by atoms with Crippen molar-refractivity contribution in [3.63, 3.8) is 0 Å². The Morgan fingerprint density at radius 1 is 0.727 bits per heavy atom. The van der Waals surface area contributed by atoms with Crippen LogP contribution in [0.25, 0.3) is 33.3 Å². The molecule has 3 heterocycles. The molecule has 0 saturated heterocycles. The minimum absolute atomic E-state index is 0.526. The van der Waals surface area contributed by atoms with Crippen molar-refractivity contribution >= 4 is 10.9 Å². The summed E-state index contributed by atoms with van der Waals surface area (Å²) in [6.07, 6.45) is 5.46. The highest BCUT2D eigenvalue weighted by Crippen LogP contribution is 2.34. The first-order valence-electron chi connectivity index (χ1n) is 11.0. The SMILES string of the molecule is NCc1ccc(-c2nc3ccnc(CNCc4ccncc4)c3cc2-c2ccccc2)cc1. The van der Waals surface area contributed by atoms with Crippen LogP contribution >= 0.6 is 0 Å². The van der Waals surface area contributed by atoms with E-state index in [1.165, 1.54) is 5.56 Å². The molecule has 2 aromatic carbocycles. The molecule has 0 atom stereocenters. The van der Waals surface area contributed by atoms with Crippen molar-refractivity contribution in [2.45, 2.75) is 19.6 Å². The molecule has 0 fully saturated rings. The summed E-state index contributed by atoms with van der Waals surface area (Å²) >= 11 is 0. The van der Waals surface area contributed by atoms with Gasteiger partial charge in [0.05, 0.1) is 16.9 Å². The Kier molecular flexibility index (Phi) is 6.15. The molecule has 0 radical (unpaired) electrons. The minimum atomic E-state index is 0.526. The van der Waals surface area contributed by atoms with E-state index in [1.807, 2.05) is 42.9 Å². The third-order valence-corrected chi connectivity index (χ3v) is 5.74. The van der Waals surface area contributed by atoms with Crippen LogP contribution in [-0.2, 0) is 19.6 Å². The third-order valence-electron chi connectivity index (χ3n) is 5.74. The van der Waals surface area contributed by atoms with Gasteiger partial charge in [-0.05, 0) is 41.0 Å². The summed E-state index contributed by atoms with van der Waals surface area (Å²) in [7, 11) is 0. The standard InChI is InChI=1S/C28H25N5/c29-17-20-6-8-23(9-7-20)28-24(22-4-2-1-3-5-22)16-25-26(33-28)12-15-32-27(25)19-31-18-21-10-13-30-14-11-21/h1-16,31H,17-19,29H2. The number of nitrogens with zero attached hydrogens (tertiary/aromatic N) is 3. The predicted octanol–water partition coefficient (Wildman–Crippen LogP) is 5.11. The van der Waals surface area contributed by atoms with E-state index in [4.69, 9.17) is 10.7 Å². The Morgan fingerprint density at radius 2 is 1.52 bits per heavy atom. The second kappa shape index (κ2) is 9.69. The van der Waals surface area contributed by atoms with Crippen molar-refractivity contribution in [3.8, 4) is 22.4 Å². The molecule has 0 aliphatic rings. The molecule has 5 heteroatoms. The van der Waals surface area contributed by atoms with Gasteiger partial charge >= 0.3 is 0 Å². The van der Waals surface area contributed by atoms with Crippen LogP contribution in [0, 0.1) is 0 Å². The van der Waals surface area contributed by atoms with E-state index in [-0.39, 0.29) is 0 Å². The zero-order valence-corrected chi connectivity index (χ0v) is 18.3. The molecule has 0 saturated carbocycles. The lowest BCUT2D eigenvalue weighted by Gasteiger charge is -2.14. The summed E-state index contributed by atoms with van der Waals surface area (Å²) in [6, 6.07) is 27.0. The summed E-state index contributed by atoms with van der Waals surface area (Å²) in [6.45, 7) is 1.93. The number of benzene rings is 2. The van der Waals surface area contributed by atoms with Crippen molar-refractivity contribution in [3.05, 3.63) is 114 Å². The molecular formula is C28H25N5. The van der Waals surface area contributed by atoms with Crippen LogP contribution in [0.4, 0.5) is 0 Å². The van der Waals surface area contributed by atoms with E-state index in [9.17, 15) is 0 Å². The van der Waals surface area contributed by atoms with Gasteiger partial charge in [-0.15, -0.1) is 0 Å². The van der Waals surface area contributed by atoms with Gasteiger partial charge in [0, 0.05) is 54.7 Å². The van der Waals surface area contributed by atoms with Crippen molar-refractivity contribution in [1.29, 1.82) is 0 Å². The molecule has 3 aromatic heterocycles. The van der Waals surface area contributed by atoms with Crippen molar-refractivity contribution in [2.75, 3.05) is 0 Å². The molecule has 0 aliphatic carbocycles. The number of fused-ring (bicyclic) bond motifs is 1. The van der Waals surface area contributed by atoms with Gasteiger partial charge < -0.3 is 11.1 Å². The van der Waals surface area contributed by atoms with Gasteiger partial charge in [0.1, 0.15) is 0 Å². The van der Waals surface area contributed by atoms with Crippen LogP contribution in [0.2, 0.25) is 0 Å². The summed E-state index contributed by atoms with van der Waals surface area (Å²) in [5, 5.41) is 4.55. The lowest BCUT2D eigenvalue weighted by molar-refractivity contribution is 0.683. The Balaban J connectivity index is 1.56. The van der Waals surface area contributed by atoms with E-state index in [0.29, 0.717) is 13.1 Å². The van der Waals surface area contributed by atoms with Gasteiger partial charge in [0.2, 0.25) is 0 Å². The van der Waals surface area contributed by atoms with Crippen LogP contribution in [0.1, 0.15) is 16.8 Å². The van der Waals surface area contributed by atoms with Crippen molar-refractivity contribution in [2.24, 2.45) is 5.73 Å². The van der Waals surface area contributed by atoms with Crippen LogP contribution in [0.5, 0.6) is 0 Å². The van der Waals surface area contributed by atoms with Gasteiger partial charge in [-0.25, -0.2) is 4.98 Å². The van der Waals surface area contributed by atoms with Gasteiger partial charge in [-0.3, -0.25) is 9.97 Å². The normalized spacial score (nSPS) is 11.1. The lowest BCUT2D eigenvalue weighted by Crippen LogP contribution is -2.14. The molecule has 3 N–H and O–H groups in total. The zero-order chi connectivity index (χ0) is 22.5. The van der Waals surface area contributed by atoms with Crippen molar-refractivity contribution in [1.82, 2.24) is 20.3 Å².